The normalized spacial score (nSPS) is 20.8. The van der Waals surface area contributed by atoms with Crippen molar-refractivity contribution < 1.29 is 4.74 Å². The molecule has 36 heavy (non-hydrogen) atoms. The molecule has 0 bridgehead atoms. The molecule has 184 valence electrons. The molecule has 2 nitrogen and oxygen atoms in total. The van der Waals surface area contributed by atoms with Crippen LogP contribution in [0.15, 0.2) is 121 Å². The van der Waals surface area contributed by atoms with Crippen molar-refractivity contribution in [2.75, 3.05) is 20.2 Å². The first-order valence-corrected chi connectivity index (χ1v) is 13.2. The summed E-state index contributed by atoms with van der Waals surface area (Å²) < 4.78 is 6.21. The minimum absolute atomic E-state index is 0.202. The van der Waals surface area contributed by atoms with Crippen molar-refractivity contribution in [3.05, 3.63) is 144 Å². The Balaban J connectivity index is 1.47. The van der Waals surface area contributed by atoms with Crippen molar-refractivity contribution in [3.8, 4) is 0 Å². The van der Waals surface area contributed by atoms with Gasteiger partial charge in [-0.15, -0.1) is 0 Å². The lowest BCUT2D eigenvalue weighted by Gasteiger charge is -2.46. The number of piperidine rings is 1. The topological polar surface area (TPSA) is 12.5 Å². The molecule has 4 aromatic rings. The molecule has 0 radical (unpaired) electrons. The van der Waals surface area contributed by atoms with Gasteiger partial charge in [-0.05, 0) is 55.0 Å². The molecule has 0 saturated carbocycles. The average molecular weight is 476 g/mol. The Kier molecular flexibility index (Phi) is 7.36. The van der Waals surface area contributed by atoms with E-state index >= 15 is 0 Å². The third kappa shape index (κ3) is 4.64. The summed E-state index contributed by atoms with van der Waals surface area (Å²) >= 11 is 0. The van der Waals surface area contributed by atoms with Crippen molar-refractivity contribution in [1.82, 2.24) is 4.90 Å². The minimum atomic E-state index is -0.210. The highest BCUT2D eigenvalue weighted by Crippen LogP contribution is 2.44. The van der Waals surface area contributed by atoms with E-state index in [2.05, 4.69) is 133 Å². The van der Waals surface area contributed by atoms with E-state index in [1.165, 1.54) is 22.3 Å². The van der Waals surface area contributed by atoms with Crippen LogP contribution < -0.4 is 0 Å². The third-order valence-electron chi connectivity index (χ3n) is 8.32. The molecule has 2 unspecified atom stereocenters. The van der Waals surface area contributed by atoms with Gasteiger partial charge in [-0.25, -0.2) is 0 Å². The van der Waals surface area contributed by atoms with E-state index in [1.807, 2.05) is 7.11 Å². The van der Waals surface area contributed by atoms with Gasteiger partial charge in [0.25, 0.3) is 0 Å². The summed E-state index contributed by atoms with van der Waals surface area (Å²) in [6.45, 7) is 4.41. The van der Waals surface area contributed by atoms with Crippen LogP contribution in [0, 0.1) is 0 Å². The number of benzene rings is 4. The van der Waals surface area contributed by atoms with Gasteiger partial charge in [0.2, 0.25) is 0 Å². The number of rotatable bonds is 8. The van der Waals surface area contributed by atoms with Crippen LogP contribution in [0.3, 0.4) is 0 Å². The Hall–Kier alpha value is -3.20. The summed E-state index contributed by atoms with van der Waals surface area (Å²) in [5.74, 6) is 0. The molecule has 1 aliphatic heterocycles. The van der Waals surface area contributed by atoms with Crippen LogP contribution in [0.25, 0.3) is 0 Å². The van der Waals surface area contributed by atoms with E-state index < -0.39 is 0 Å². The SMILES string of the molecule is COC1(c2ccccc2)CCN(CCC(c2ccccc2)(c2ccccc2)c2ccccc2)C(C)C1. The van der Waals surface area contributed by atoms with Gasteiger partial charge in [0, 0.05) is 25.1 Å². The molecule has 1 aliphatic rings. The number of methoxy groups -OCH3 is 1. The summed E-state index contributed by atoms with van der Waals surface area (Å²) in [6, 6.07) is 44.4. The van der Waals surface area contributed by atoms with Crippen LogP contribution in [0.1, 0.15) is 48.4 Å². The van der Waals surface area contributed by atoms with Crippen LogP contribution in [-0.2, 0) is 15.8 Å². The molecule has 1 saturated heterocycles. The summed E-state index contributed by atoms with van der Waals surface area (Å²) in [6.07, 6.45) is 3.02. The maximum atomic E-state index is 6.21. The Labute approximate surface area is 216 Å². The molecule has 2 atom stereocenters. The largest absolute Gasteiger partial charge is 0.373 e. The van der Waals surface area contributed by atoms with E-state index in [-0.39, 0.29) is 11.0 Å². The van der Waals surface area contributed by atoms with Crippen molar-refractivity contribution in [2.45, 2.75) is 43.2 Å². The predicted octanol–water partition coefficient (Wildman–Crippen LogP) is 7.44. The number of likely N-dealkylation sites (tertiary alicyclic amines) is 1. The van der Waals surface area contributed by atoms with Gasteiger partial charge in [-0.2, -0.15) is 0 Å². The van der Waals surface area contributed by atoms with Gasteiger partial charge >= 0.3 is 0 Å². The van der Waals surface area contributed by atoms with Crippen LogP contribution in [0.2, 0.25) is 0 Å². The first-order chi connectivity index (χ1) is 17.7. The lowest BCUT2D eigenvalue weighted by Crippen LogP contribution is -2.50. The minimum Gasteiger partial charge on any atom is -0.373 e. The highest BCUT2D eigenvalue weighted by atomic mass is 16.5. The Morgan fingerprint density at radius 3 is 1.58 bits per heavy atom. The number of hydrogen-bond donors (Lipinski definition) is 0. The smallest absolute Gasteiger partial charge is 0.0954 e. The van der Waals surface area contributed by atoms with Crippen LogP contribution in [0.5, 0.6) is 0 Å². The van der Waals surface area contributed by atoms with Gasteiger partial charge < -0.3 is 9.64 Å². The van der Waals surface area contributed by atoms with Crippen molar-refractivity contribution in [2.24, 2.45) is 0 Å². The van der Waals surface area contributed by atoms with E-state index in [4.69, 9.17) is 4.74 Å². The maximum absolute atomic E-state index is 6.21. The molecule has 0 aliphatic carbocycles. The Morgan fingerprint density at radius 2 is 1.17 bits per heavy atom. The van der Waals surface area contributed by atoms with Crippen molar-refractivity contribution in [3.63, 3.8) is 0 Å². The quantitative estimate of drug-likeness (QED) is 0.246. The number of hydrogen-bond acceptors (Lipinski definition) is 2. The van der Waals surface area contributed by atoms with E-state index in [0.29, 0.717) is 6.04 Å². The van der Waals surface area contributed by atoms with Crippen molar-refractivity contribution in [1.29, 1.82) is 0 Å². The first-order valence-electron chi connectivity index (χ1n) is 13.2. The molecular weight excluding hydrogens is 438 g/mol. The monoisotopic (exact) mass is 475 g/mol. The lowest BCUT2D eigenvalue weighted by atomic mass is 9.67. The van der Waals surface area contributed by atoms with Gasteiger partial charge in [0.15, 0.2) is 0 Å². The van der Waals surface area contributed by atoms with Crippen LogP contribution >= 0.6 is 0 Å². The fraction of sp³-hybridized carbons (Fsp3) is 0.294. The molecule has 0 amide bonds. The zero-order valence-corrected chi connectivity index (χ0v) is 21.5. The Morgan fingerprint density at radius 1 is 0.722 bits per heavy atom. The van der Waals surface area contributed by atoms with Crippen LogP contribution in [0.4, 0.5) is 0 Å². The molecule has 2 heteroatoms. The van der Waals surface area contributed by atoms with E-state index in [9.17, 15) is 0 Å². The van der Waals surface area contributed by atoms with Crippen LogP contribution in [-0.4, -0.2) is 31.1 Å². The third-order valence-corrected chi connectivity index (χ3v) is 8.32. The summed E-state index contributed by atoms with van der Waals surface area (Å²) in [5, 5.41) is 0. The zero-order valence-electron chi connectivity index (χ0n) is 21.5. The lowest BCUT2D eigenvalue weighted by molar-refractivity contribution is -0.0800. The Bertz CT molecular complexity index is 1110. The second-order valence-electron chi connectivity index (χ2n) is 10.2. The van der Waals surface area contributed by atoms with Gasteiger partial charge in [-0.3, -0.25) is 0 Å². The fourth-order valence-corrected chi connectivity index (χ4v) is 6.30. The number of ether oxygens (including phenoxy) is 1. The highest BCUT2D eigenvalue weighted by molar-refractivity contribution is 5.50. The van der Waals surface area contributed by atoms with Gasteiger partial charge in [0.1, 0.15) is 0 Å². The summed E-state index contributed by atoms with van der Waals surface area (Å²) in [7, 11) is 1.88. The van der Waals surface area contributed by atoms with E-state index in [1.54, 1.807) is 0 Å². The molecule has 1 fully saturated rings. The molecule has 0 N–H and O–H groups in total. The summed E-state index contributed by atoms with van der Waals surface area (Å²) in [4.78, 5) is 2.67. The van der Waals surface area contributed by atoms with Gasteiger partial charge in [-0.1, -0.05) is 121 Å². The fourth-order valence-electron chi connectivity index (χ4n) is 6.30. The maximum Gasteiger partial charge on any atom is 0.0954 e. The van der Waals surface area contributed by atoms with E-state index in [0.717, 1.165) is 32.4 Å². The van der Waals surface area contributed by atoms with Crippen molar-refractivity contribution >= 4 is 0 Å². The standard InChI is InChI=1S/C34H37NO/c1-28-27-33(36-2,29-15-7-3-8-16-29)23-25-35(28)26-24-34(30-17-9-4-10-18-30,31-19-11-5-12-20-31)32-21-13-6-14-22-32/h3-22,28H,23-27H2,1-2H3. The van der Waals surface area contributed by atoms with Gasteiger partial charge in [0.05, 0.1) is 5.60 Å². The first kappa shape index (κ1) is 24.5. The molecule has 0 spiro atoms. The second-order valence-corrected chi connectivity index (χ2v) is 10.2. The second kappa shape index (κ2) is 10.8. The molecule has 1 heterocycles. The summed E-state index contributed by atoms with van der Waals surface area (Å²) in [5.41, 5.74) is 4.93. The average Bonchev–Trinajstić information content (AvgIpc) is 2.96. The molecule has 0 aromatic heterocycles. The highest BCUT2D eigenvalue weighted by Gasteiger charge is 2.41. The zero-order chi connectivity index (χ0) is 24.8. The molecule has 5 rings (SSSR count). The molecular formula is C34H37NO. The number of nitrogens with zero attached hydrogens (tertiary/aromatic N) is 1. The molecule has 4 aromatic carbocycles. The predicted molar refractivity (Wildman–Crippen MR) is 149 cm³/mol.